The number of carbonyl (C=O) groups is 1. The van der Waals surface area contributed by atoms with Crippen LogP contribution in [0.1, 0.15) is 30.5 Å². The molecule has 152 valence electrons. The van der Waals surface area contributed by atoms with Gasteiger partial charge in [-0.05, 0) is 53.5 Å². The molecule has 1 aliphatic heterocycles. The van der Waals surface area contributed by atoms with Gasteiger partial charge in [-0.3, -0.25) is 4.79 Å². The standard InChI is InChI=1S/C26H24ClNO2/c1-18(2)16-28-25-6-4-3-5-23(25)24(26(28)29)15-19-9-13-22(14-10-19)30-17-20-7-11-21(27)12-8-20/h3-15,18H,16-17H2,1-2H3/b24-15-. The molecule has 4 rings (SSSR count). The van der Waals surface area contributed by atoms with Gasteiger partial charge in [-0.2, -0.15) is 0 Å². The van der Waals surface area contributed by atoms with Crippen LogP contribution in [-0.4, -0.2) is 12.5 Å². The minimum Gasteiger partial charge on any atom is -0.489 e. The Hall–Kier alpha value is -3.04. The van der Waals surface area contributed by atoms with Crippen LogP contribution < -0.4 is 9.64 Å². The molecule has 0 N–H and O–H groups in total. The highest BCUT2D eigenvalue weighted by atomic mass is 35.5. The lowest BCUT2D eigenvalue weighted by molar-refractivity contribution is -0.113. The van der Waals surface area contributed by atoms with E-state index in [1.54, 1.807) is 0 Å². The topological polar surface area (TPSA) is 29.5 Å². The molecule has 1 aliphatic rings. The number of halogens is 1. The molecule has 0 aromatic heterocycles. The predicted octanol–water partition coefficient (Wildman–Crippen LogP) is 6.46. The first kappa shape index (κ1) is 20.2. The number of hydrogen-bond donors (Lipinski definition) is 0. The minimum absolute atomic E-state index is 0.0629. The molecule has 0 saturated carbocycles. The maximum atomic E-state index is 13.1. The summed E-state index contributed by atoms with van der Waals surface area (Å²) in [5.41, 5.74) is 4.75. The largest absolute Gasteiger partial charge is 0.489 e. The Morgan fingerprint density at radius 1 is 0.967 bits per heavy atom. The lowest BCUT2D eigenvalue weighted by Crippen LogP contribution is -2.30. The summed E-state index contributed by atoms with van der Waals surface area (Å²) in [6, 6.07) is 23.4. The zero-order chi connectivity index (χ0) is 21.1. The quantitative estimate of drug-likeness (QED) is 0.430. The number of rotatable bonds is 6. The Kier molecular flexibility index (Phi) is 5.91. The number of para-hydroxylation sites is 1. The van der Waals surface area contributed by atoms with Crippen LogP contribution in [0.4, 0.5) is 5.69 Å². The van der Waals surface area contributed by atoms with Crippen molar-refractivity contribution in [3.63, 3.8) is 0 Å². The van der Waals surface area contributed by atoms with Crippen molar-refractivity contribution in [1.29, 1.82) is 0 Å². The van der Waals surface area contributed by atoms with E-state index in [0.29, 0.717) is 24.1 Å². The fourth-order valence-electron chi connectivity index (χ4n) is 3.57. The van der Waals surface area contributed by atoms with E-state index in [1.807, 2.05) is 83.8 Å². The second kappa shape index (κ2) is 8.76. The second-order valence-electron chi connectivity index (χ2n) is 7.87. The molecule has 3 nitrogen and oxygen atoms in total. The molecule has 0 spiro atoms. The highest BCUT2D eigenvalue weighted by Crippen LogP contribution is 2.38. The van der Waals surface area contributed by atoms with Gasteiger partial charge in [0.25, 0.3) is 5.91 Å². The molecule has 30 heavy (non-hydrogen) atoms. The van der Waals surface area contributed by atoms with Gasteiger partial charge in [-0.1, -0.05) is 67.9 Å². The summed E-state index contributed by atoms with van der Waals surface area (Å²) >= 11 is 5.92. The smallest absolute Gasteiger partial charge is 0.259 e. The Labute approximate surface area is 182 Å². The van der Waals surface area contributed by atoms with E-state index in [-0.39, 0.29) is 5.91 Å². The van der Waals surface area contributed by atoms with Crippen molar-refractivity contribution in [2.45, 2.75) is 20.5 Å². The number of carbonyl (C=O) groups excluding carboxylic acids is 1. The van der Waals surface area contributed by atoms with Crippen LogP contribution in [0.5, 0.6) is 5.75 Å². The number of nitrogens with zero attached hydrogens (tertiary/aromatic N) is 1. The Balaban J connectivity index is 1.51. The zero-order valence-electron chi connectivity index (χ0n) is 17.1. The van der Waals surface area contributed by atoms with Gasteiger partial charge >= 0.3 is 0 Å². The first-order chi connectivity index (χ1) is 14.5. The van der Waals surface area contributed by atoms with E-state index in [1.165, 1.54) is 0 Å². The van der Waals surface area contributed by atoms with Gasteiger partial charge in [0.15, 0.2) is 0 Å². The normalized spacial score (nSPS) is 14.5. The Bertz CT molecular complexity index is 1070. The van der Waals surface area contributed by atoms with Gasteiger partial charge in [-0.25, -0.2) is 0 Å². The monoisotopic (exact) mass is 417 g/mol. The first-order valence-corrected chi connectivity index (χ1v) is 10.5. The third-order valence-electron chi connectivity index (χ3n) is 5.02. The van der Waals surface area contributed by atoms with Crippen LogP contribution in [0.15, 0.2) is 72.8 Å². The number of hydrogen-bond acceptors (Lipinski definition) is 2. The molecule has 1 amide bonds. The van der Waals surface area contributed by atoms with Crippen molar-refractivity contribution < 1.29 is 9.53 Å². The average Bonchev–Trinajstić information content (AvgIpc) is 3.00. The van der Waals surface area contributed by atoms with E-state index < -0.39 is 0 Å². The van der Waals surface area contributed by atoms with E-state index in [9.17, 15) is 4.79 Å². The van der Waals surface area contributed by atoms with Crippen molar-refractivity contribution in [2.24, 2.45) is 5.92 Å². The Morgan fingerprint density at radius 2 is 1.67 bits per heavy atom. The van der Waals surface area contributed by atoms with E-state index in [0.717, 1.165) is 33.7 Å². The summed E-state index contributed by atoms with van der Waals surface area (Å²) in [7, 11) is 0. The first-order valence-electron chi connectivity index (χ1n) is 10.1. The summed E-state index contributed by atoms with van der Waals surface area (Å²) in [5.74, 6) is 1.25. The molecule has 0 saturated heterocycles. The van der Waals surface area contributed by atoms with Gasteiger partial charge in [0.1, 0.15) is 12.4 Å². The van der Waals surface area contributed by atoms with Crippen LogP contribution in [0, 0.1) is 5.92 Å². The number of anilines is 1. The van der Waals surface area contributed by atoms with E-state index >= 15 is 0 Å². The summed E-state index contributed by atoms with van der Waals surface area (Å²) in [6.45, 7) is 5.44. The number of fused-ring (bicyclic) bond motifs is 1. The molecular weight excluding hydrogens is 394 g/mol. The molecule has 0 bridgehead atoms. The Morgan fingerprint density at radius 3 is 2.37 bits per heavy atom. The average molecular weight is 418 g/mol. The lowest BCUT2D eigenvalue weighted by atomic mass is 10.0. The molecule has 0 aliphatic carbocycles. The van der Waals surface area contributed by atoms with Crippen LogP contribution >= 0.6 is 11.6 Å². The molecule has 3 aromatic carbocycles. The third-order valence-corrected chi connectivity index (χ3v) is 5.27. The summed E-state index contributed by atoms with van der Waals surface area (Å²) < 4.78 is 5.86. The lowest BCUT2D eigenvalue weighted by Gasteiger charge is -2.19. The molecule has 0 radical (unpaired) electrons. The predicted molar refractivity (Wildman–Crippen MR) is 124 cm³/mol. The maximum Gasteiger partial charge on any atom is 0.259 e. The van der Waals surface area contributed by atoms with Gasteiger partial charge in [-0.15, -0.1) is 0 Å². The zero-order valence-corrected chi connectivity index (χ0v) is 17.9. The summed E-state index contributed by atoms with van der Waals surface area (Å²) in [4.78, 5) is 15.0. The SMILES string of the molecule is CC(C)CN1C(=O)/C(=C\c2ccc(OCc3ccc(Cl)cc3)cc2)c2ccccc21. The molecular formula is C26H24ClNO2. The molecule has 3 aromatic rings. The highest BCUT2D eigenvalue weighted by molar-refractivity contribution is 6.35. The minimum atomic E-state index is 0.0629. The third kappa shape index (κ3) is 4.42. The van der Waals surface area contributed by atoms with Gasteiger partial charge < -0.3 is 9.64 Å². The van der Waals surface area contributed by atoms with Gasteiger partial charge in [0, 0.05) is 22.7 Å². The van der Waals surface area contributed by atoms with Crippen LogP contribution in [0.25, 0.3) is 11.6 Å². The number of ether oxygens (including phenoxy) is 1. The van der Waals surface area contributed by atoms with Crippen molar-refractivity contribution in [3.8, 4) is 5.75 Å². The molecule has 4 heteroatoms. The van der Waals surface area contributed by atoms with Crippen LogP contribution in [0.3, 0.4) is 0 Å². The van der Waals surface area contributed by atoms with Crippen molar-refractivity contribution in [3.05, 3.63) is 94.5 Å². The fourth-order valence-corrected chi connectivity index (χ4v) is 3.69. The van der Waals surface area contributed by atoms with E-state index in [4.69, 9.17) is 16.3 Å². The van der Waals surface area contributed by atoms with E-state index in [2.05, 4.69) is 13.8 Å². The van der Waals surface area contributed by atoms with Gasteiger partial charge in [0.05, 0.1) is 5.69 Å². The summed E-state index contributed by atoms with van der Waals surface area (Å²) in [5, 5.41) is 0.714. The second-order valence-corrected chi connectivity index (χ2v) is 8.31. The summed E-state index contributed by atoms with van der Waals surface area (Å²) in [6.07, 6.45) is 1.96. The maximum absolute atomic E-state index is 13.1. The van der Waals surface area contributed by atoms with Crippen LogP contribution in [-0.2, 0) is 11.4 Å². The fraction of sp³-hybridized carbons (Fsp3) is 0.192. The highest BCUT2D eigenvalue weighted by Gasteiger charge is 2.32. The molecule has 0 unspecified atom stereocenters. The molecule has 0 fully saturated rings. The van der Waals surface area contributed by atoms with Crippen LogP contribution in [0.2, 0.25) is 5.02 Å². The van der Waals surface area contributed by atoms with Crippen molar-refractivity contribution >= 4 is 34.8 Å². The van der Waals surface area contributed by atoms with Crippen molar-refractivity contribution in [1.82, 2.24) is 0 Å². The molecule has 0 atom stereocenters. The number of benzene rings is 3. The molecule has 1 heterocycles. The van der Waals surface area contributed by atoms with Gasteiger partial charge in [0.2, 0.25) is 0 Å². The number of amides is 1. The van der Waals surface area contributed by atoms with Crippen molar-refractivity contribution in [2.75, 3.05) is 11.4 Å².